The van der Waals surface area contributed by atoms with E-state index in [1.807, 2.05) is 0 Å². The minimum absolute atomic E-state index is 0.228. The second-order valence-corrected chi connectivity index (χ2v) is 5.72. The number of carbonyl (C=O) groups is 1. The maximum atomic E-state index is 11.1. The van der Waals surface area contributed by atoms with Crippen molar-refractivity contribution in [3.05, 3.63) is 0 Å². The summed E-state index contributed by atoms with van der Waals surface area (Å²) >= 11 is 0. The number of amides is 2. The van der Waals surface area contributed by atoms with Crippen LogP contribution in [0.1, 0.15) is 20.8 Å². The predicted octanol–water partition coefficient (Wildman–Crippen LogP) is -0.367. The molecule has 0 saturated heterocycles. The van der Waals surface area contributed by atoms with E-state index in [1.54, 1.807) is 20.8 Å². The number of carbonyl (C=O) groups excluding carboxylic acids is 1. The molecule has 7 heteroatoms. The summed E-state index contributed by atoms with van der Waals surface area (Å²) in [6.45, 7) is 5.96. The number of hydrogen-bond donors (Lipinski definition) is 3. The fourth-order valence-corrected chi connectivity index (χ4v) is 2.14. The van der Waals surface area contributed by atoms with Crippen LogP contribution in [0, 0.1) is 0 Å². The molecule has 0 radical (unpaired) electrons. The molecule has 0 aliphatic carbocycles. The van der Waals surface area contributed by atoms with E-state index in [-0.39, 0.29) is 12.6 Å². The van der Waals surface area contributed by atoms with E-state index in [0.717, 1.165) is 6.26 Å². The molecule has 90 valence electrons. The van der Waals surface area contributed by atoms with Gasteiger partial charge in [-0.3, -0.25) is 0 Å². The number of nitrogens with one attached hydrogen (secondary N) is 3. The van der Waals surface area contributed by atoms with Gasteiger partial charge < -0.3 is 10.6 Å². The van der Waals surface area contributed by atoms with Gasteiger partial charge >= 0.3 is 6.03 Å². The van der Waals surface area contributed by atoms with E-state index >= 15 is 0 Å². The van der Waals surface area contributed by atoms with E-state index in [0.29, 0.717) is 6.54 Å². The zero-order valence-corrected chi connectivity index (χ0v) is 10.4. The molecular formula is C8H19N3O3S. The van der Waals surface area contributed by atoms with Gasteiger partial charge in [0.2, 0.25) is 10.0 Å². The Morgan fingerprint density at radius 1 is 1.27 bits per heavy atom. The van der Waals surface area contributed by atoms with Crippen molar-refractivity contribution < 1.29 is 13.2 Å². The van der Waals surface area contributed by atoms with Crippen molar-refractivity contribution in [2.75, 3.05) is 19.3 Å². The van der Waals surface area contributed by atoms with Gasteiger partial charge in [-0.1, -0.05) is 0 Å². The van der Waals surface area contributed by atoms with Crippen molar-refractivity contribution in [1.29, 1.82) is 0 Å². The highest BCUT2D eigenvalue weighted by molar-refractivity contribution is 7.88. The predicted molar refractivity (Wildman–Crippen MR) is 59.1 cm³/mol. The van der Waals surface area contributed by atoms with Gasteiger partial charge in [-0.15, -0.1) is 0 Å². The van der Waals surface area contributed by atoms with E-state index in [9.17, 15) is 13.2 Å². The first-order chi connectivity index (χ1) is 6.66. The number of urea groups is 1. The number of sulfonamides is 1. The van der Waals surface area contributed by atoms with Crippen LogP contribution in [0.15, 0.2) is 0 Å². The summed E-state index contributed by atoms with van der Waals surface area (Å²) in [5.74, 6) is 0. The summed E-state index contributed by atoms with van der Waals surface area (Å²) in [7, 11) is -3.26. The van der Waals surface area contributed by atoms with Crippen molar-refractivity contribution in [2.24, 2.45) is 0 Å². The SMILES string of the molecule is CCNC(=O)NCC(C)(C)NS(C)(=O)=O. The molecule has 2 amide bonds. The van der Waals surface area contributed by atoms with Crippen molar-refractivity contribution in [2.45, 2.75) is 26.3 Å². The Kier molecular flexibility index (Phi) is 5.02. The Morgan fingerprint density at radius 3 is 2.20 bits per heavy atom. The highest BCUT2D eigenvalue weighted by Crippen LogP contribution is 2.01. The third-order valence-electron chi connectivity index (χ3n) is 1.49. The van der Waals surface area contributed by atoms with Crippen LogP contribution in [0.25, 0.3) is 0 Å². The van der Waals surface area contributed by atoms with E-state index < -0.39 is 15.6 Å². The normalized spacial score (nSPS) is 12.3. The van der Waals surface area contributed by atoms with Crippen LogP contribution in [-0.4, -0.2) is 39.3 Å². The van der Waals surface area contributed by atoms with Crippen LogP contribution < -0.4 is 15.4 Å². The second-order valence-electron chi connectivity index (χ2n) is 3.97. The standard InChI is InChI=1S/C8H19N3O3S/c1-5-9-7(12)10-6-8(2,3)11-15(4,13)14/h11H,5-6H2,1-4H3,(H2,9,10,12). The van der Waals surface area contributed by atoms with Crippen molar-refractivity contribution in [3.8, 4) is 0 Å². The summed E-state index contributed by atoms with van der Waals surface area (Å²) < 4.78 is 24.4. The molecule has 0 rings (SSSR count). The van der Waals surface area contributed by atoms with E-state index in [1.165, 1.54) is 0 Å². The fourth-order valence-electron chi connectivity index (χ4n) is 1.06. The van der Waals surface area contributed by atoms with Crippen molar-refractivity contribution >= 4 is 16.1 Å². The van der Waals surface area contributed by atoms with Gasteiger partial charge in [-0.05, 0) is 20.8 Å². The molecule has 0 spiro atoms. The summed E-state index contributed by atoms with van der Waals surface area (Å²) in [5.41, 5.74) is -0.696. The monoisotopic (exact) mass is 237 g/mol. The Morgan fingerprint density at radius 2 is 1.80 bits per heavy atom. The average molecular weight is 237 g/mol. The molecule has 0 saturated carbocycles. The molecular weight excluding hydrogens is 218 g/mol. The maximum absolute atomic E-state index is 11.1. The number of hydrogen-bond acceptors (Lipinski definition) is 3. The van der Waals surface area contributed by atoms with Gasteiger partial charge in [0.1, 0.15) is 0 Å². The smallest absolute Gasteiger partial charge is 0.314 e. The Labute approximate surface area is 90.9 Å². The minimum Gasteiger partial charge on any atom is -0.338 e. The molecule has 0 fully saturated rings. The first-order valence-electron chi connectivity index (χ1n) is 4.67. The summed E-state index contributed by atoms with van der Waals surface area (Å²) in [4.78, 5) is 11.1. The molecule has 0 aliphatic heterocycles. The van der Waals surface area contributed by atoms with Crippen molar-refractivity contribution in [1.82, 2.24) is 15.4 Å². The molecule has 0 aliphatic rings. The van der Waals surface area contributed by atoms with Crippen LogP contribution >= 0.6 is 0 Å². The Bertz CT molecular complexity index is 311. The molecule has 0 aromatic carbocycles. The molecule has 3 N–H and O–H groups in total. The third-order valence-corrected chi connectivity index (χ3v) is 2.41. The van der Waals surface area contributed by atoms with Gasteiger partial charge in [0.05, 0.1) is 6.26 Å². The van der Waals surface area contributed by atoms with Crippen molar-refractivity contribution in [3.63, 3.8) is 0 Å². The van der Waals surface area contributed by atoms with Crippen LogP contribution in [-0.2, 0) is 10.0 Å². The molecule has 0 bridgehead atoms. The first kappa shape index (κ1) is 14.2. The summed E-state index contributed by atoms with van der Waals surface area (Å²) in [6.07, 6.45) is 1.08. The molecule has 0 aromatic rings. The second kappa shape index (κ2) is 5.32. The van der Waals surface area contributed by atoms with Crippen LogP contribution in [0.4, 0.5) is 4.79 Å². The van der Waals surface area contributed by atoms with Crippen LogP contribution in [0.2, 0.25) is 0 Å². The third kappa shape index (κ3) is 8.19. The van der Waals surface area contributed by atoms with Crippen LogP contribution in [0.5, 0.6) is 0 Å². The maximum Gasteiger partial charge on any atom is 0.314 e. The van der Waals surface area contributed by atoms with Gasteiger partial charge in [0.25, 0.3) is 0 Å². The Hall–Kier alpha value is -0.820. The minimum atomic E-state index is -3.26. The van der Waals surface area contributed by atoms with Gasteiger partial charge in [-0.25, -0.2) is 17.9 Å². The Balaban J connectivity index is 4.10. The van der Waals surface area contributed by atoms with Gasteiger partial charge in [0.15, 0.2) is 0 Å². The highest BCUT2D eigenvalue weighted by atomic mass is 32.2. The lowest BCUT2D eigenvalue weighted by Gasteiger charge is -2.25. The lowest BCUT2D eigenvalue weighted by molar-refractivity contribution is 0.238. The molecule has 0 heterocycles. The lowest BCUT2D eigenvalue weighted by Crippen LogP contribution is -2.52. The van der Waals surface area contributed by atoms with Crippen LogP contribution in [0.3, 0.4) is 0 Å². The zero-order chi connectivity index (χ0) is 12.1. The average Bonchev–Trinajstić information content (AvgIpc) is 1.97. The first-order valence-corrected chi connectivity index (χ1v) is 6.56. The summed E-state index contributed by atoms with van der Waals surface area (Å²) in [6, 6.07) is -0.305. The molecule has 15 heavy (non-hydrogen) atoms. The van der Waals surface area contributed by atoms with Gasteiger partial charge in [0, 0.05) is 18.6 Å². The highest BCUT2D eigenvalue weighted by Gasteiger charge is 2.22. The van der Waals surface area contributed by atoms with E-state index in [2.05, 4.69) is 15.4 Å². The molecule has 6 nitrogen and oxygen atoms in total. The number of rotatable bonds is 5. The fraction of sp³-hybridized carbons (Fsp3) is 0.875. The molecule has 0 aromatic heterocycles. The van der Waals surface area contributed by atoms with Gasteiger partial charge in [-0.2, -0.15) is 0 Å². The lowest BCUT2D eigenvalue weighted by atomic mass is 10.1. The zero-order valence-electron chi connectivity index (χ0n) is 9.55. The molecule has 0 atom stereocenters. The largest absolute Gasteiger partial charge is 0.338 e. The quantitative estimate of drug-likeness (QED) is 0.610. The topological polar surface area (TPSA) is 87.3 Å². The molecule has 0 unspecified atom stereocenters. The summed E-state index contributed by atoms with van der Waals surface area (Å²) in [5, 5.41) is 5.12. The van der Waals surface area contributed by atoms with E-state index in [4.69, 9.17) is 0 Å².